The van der Waals surface area contributed by atoms with Gasteiger partial charge >= 0.3 is 6.09 Å². The van der Waals surface area contributed by atoms with Gasteiger partial charge in [0.2, 0.25) is 5.95 Å². The van der Waals surface area contributed by atoms with E-state index >= 15 is 0 Å². The lowest BCUT2D eigenvalue weighted by molar-refractivity contribution is 0.0489. The maximum atomic E-state index is 12.1. The van der Waals surface area contributed by atoms with Gasteiger partial charge in [-0.1, -0.05) is 6.92 Å². The molecule has 1 saturated heterocycles. The molecule has 0 bridgehead atoms. The first-order valence-corrected chi connectivity index (χ1v) is 8.37. The Hall–Kier alpha value is -1.64. The summed E-state index contributed by atoms with van der Waals surface area (Å²) in [5, 5.41) is 10.9. The zero-order valence-corrected chi connectivity index (χ0v) is 15.4. The third kappa shape index (κ3) is 4.92. The molecule has 2 atom stereocenters. The van der Waals surface area contributed by atoms with Crippen molar-refractivity contribution in [1.82, 2.24) is 20.5 Å². The van der Waals surface area contributed by atoms with Crippen molar-refractivity contribution in [2.75, 3.05) is 17.2 Å². The molecule has 1 aliphatic heterocycles. The molecule has 1 aromatic rings. The summed E-state index contributed by atoms with van der Waals surface area (Å²) < 4.78 is 5.74. The minimum atomic E-state index is -0.546. The highest BCUT2D eigenvalue weighted by molar-refractivity contribution is 9.10. The van der Waals surface area contributed by atoms with E-state index in [0.29, 0.717) is 23.0 Å². The van der Waals surface area contributed by atoms with Gasteiger partial charge in [0.15, 0.2) is 10.4 Å². The van der Waals surface area contributed by atoms with Crippen molar-refractivity contribution in [1.29, 1.82) is 0 Å². The molecule has 1 amide bonds. The number of amides is 1. The molecule has 0 saturated carbocycles. The minimum absolute atomic E-state index is 0.254. The molecule has 1 aromatic heterocycles. The molecule has 0 spiro atoms. The number of alkyl carbamates (subject to hydrolysis) is 1. The number of nitrogen functional groups attached to an aromatic ring is 1. The largest absolute Gasteiger partial charge is 0.444 e. The van der Waals surface area contributed by atoms with Gasteiger partial charge in [-0.2, -0.15) is 4.98 Å². The fourth-order valence-corrected chi connectivity index (χ4v) is 2.57. The van der Waals surface area contributed by atoms with Crippen LogP contribution in [-0.2, 0) is 4.74 Å². The van der Waals surface area contributed by atoms with E-state index in [0.717, 1.165) is 12.8 Å². The van der Waals surface area contributed by atoms with E-state index in [1.165, 1.54) is 0 Å². The van der Waals surface area contributed by atoms with Crippen molar-refractivity contribution in [3.8, 4) is 0 Å². The molecule has 0 aromatic carbocycles. The first-order chi connectivity index (χ1) is 10.7. The lowest BCUT2D eigenvalue weighted by Crippen LogP contribution is -2.54. The van der Waals surface area contributed by atoms with Crippen LogP contribution in [-0.4, -0.2) is 39.6 Å². The van der Waals surface area contributed by atoms with Gasteiger partial charge in [0.25, 0.3) is 0 Å². The molecule has 0 radical (unpaired) electrons. The molecule has 2 unspecified atom stereocenters. The lowest BCUT2D eigenvalue weighted by Gasteiger charge is -2.38. The minimum Gasteiger partial charge on any atom is -0.444 e. The van der Waals surface area contributed by atoms with Crippen LogP contribution in [0.3, 0.4) is 0 Å². The molecular weight excluding hydrogens is 364 g/mol. The Morgan fingerprint density at radius 2 is 2.13 bits per heavy atom. The smallest absolute Gasteiger partial charge is 0.409 e. The highest BCUT2D eigenvalue weighted by Gasteiger charge is 2.31. The molecule has 1 aliphatic rings. The molecule has 23 heavy (non-hydrogen) atoms. The third-order valence-electron chi connectivity index (χ3n) is 3.46. The Morgan fingerprint density at radius 1 is 1.43 bits per heavy atom. The van der Waals surface area contributed by atoms with Gasteiger partial charge in [0, 0.05) is 6.54 Å². The second-order valence-corrected chi connectivity index (χ2v) is 7.52. The maximum absolute atomic E-state index is 12.1. The Morgan fingerprint density at radius 3 is 2.74 bits per heavy atom. The molecule has 2 heterocycles. The van der Waals surface area contributed by atoms with Gasteiger partial charge in [-0.15, -0.1) is 10.2 Å². The molecular formula is C14H23BrN6O2. The second kappa shape index (κ2) is 6.86. The van der Waals surface area contributed by atoms with Crippen molar-refractivity contribution >= 4 is 33.8 Å². The topological polar surface area (TPSA) is 106 Å². The predicted octanol–water partition coefficient (Wildman–Crippen LogP) is 2.30. The number of hydrogen-bond donors (Lipinski definition) is 2. The molecule has 3 N–H and O–H groups in total. The number of nitrogens with zero attached hydrogens (tertiary/aromatic N) is 4. The summed E-state index contributed by atoms with van der Waals surface area (Å²) in [5.41, 5.74) is 5.24. The van der Waals surface area contributed by atoms with Crippen LogP contribution in [0.5, 0.6) is 0 Å². The van der Waals surface area contributed by atoms with Crippen molar-refractivity contribution in [3.05, 3.63) is 4.60 Å². The normalized spacial score (nSPS) is 21.9. The average Bonchev–Trinajstić information content (AvgIpc) is 2.40. The fraction of sp³-hybridized carbons (Fsp3) is 0.714. The van der Waals surface area contributed by atoms with Gasteiger partial charge in [-0.25, -0.2) is 4.79 Å². The van der Waals surface area contributed by atoms with Crippen LogP contribution in [0.4, 0.5) is 16.6 Å². The summed E-state index contributed by atoms with van der Waals surface area (Å²) >= 11 is 3.18. The number of nitrogens with two attached hydrogens (primary N) is 1. The van der Waals surface area contributed by atoms with Crippen LogP contribution in [0.25, 0.3) is 0 Å². The summed E-state index contributed by atoms with van der Waals surface area (Å²) in [7, 11) is 0. The highest BCUT2D eigenvalue weighted by atomic mass is 79.9. The van der Waals surface area contributed by atoms with Crippen LogP contribution < -0.4 is 16.0 Å². The number of halogens is 1. The predicted molar refractivity (Wildman–Crippen MR) is 90.8 cm³/mol. The zero-order chi connectivity index (χ0) is 17.2. The number of hydrogen-bond acceptors (Lipinski definition) is 7. The van der Waals surface area contributed by atoms with Gasteiger partial charge in [-0.3, -0.25) is 0 Å². The Bertz CT molecular complexity index is 577. The summed E-state index contributed by atoms with van der Waals surface area (Å²) in [5.74, 6) is 1.15. The summed E-state index contributed by atoms with van der Waals surface area (Å²) in [6, 6.07) is 0. The average molecular weight is 387 g/mol. The summed E-state index contributed by atoms with van der Waals surface area (Å²) in [6.07, 6.45) is 1.04. The van der Waals surface area contributed by atoms with Gasteiger partial charge < -0.3 is 20.7 Å². The number of piperidine rings is 1. The molecule has 0 aliphatic carbocycles. The highest BCUT2D eigenvalue weighted by Crippen LogP contribution is 2.26. The first-order valence-electron chi connectivity index (χ1n) is 7.57. The van der Waals surface area contributed by atoms with Crippen LogP contribution in [0.1, 0.15) is 40.5 Å². The first kappa shape index (κ1) is 17.7. The molecule has 128 valence electrons. The van der Waals surface area contributed by atoms with Gasteiger partial charge in [0.1, 0.15) is 11.8 Å². The number of carbonyl (C=O) groups is 1. The number of aromatic nitrogens is 3. The monoisotopic (exact) mass is 386 g/mol. The molecule has 8 nitrogen and oxygen atoms in total. The van der Waals surface area contributed by atoms with Crippen molar-refractivity contribution in [2.24, 2.45) is 5.92 Å². The third-order valence-corrected chi connectivity index (χ3v) is 4.03. The lowest BCUT2D eigenvalue weighted by atomic mass is 9.96. The van der Waals surface area contributed by atoms with E-state index in [4.69, 9.17) is 10.5 Å². The maximum Gasteiger partial charge on any atom is 0.409 e. The van der Waals surface area contributed by atoms with E-state index < -0.39 is 11.7 Å². The second-order valence-electron chi connectivity index (χ2n) is 6.77. The van der Waals surface area contributed by atoms with Crippen LogP contribution in [0.2, 0.25) is 0 Å². The number of nitrogens with one attached hydrogen (secondary N) is 1. The van der Waals surface area contributed by atoms with E-state index in [-0.39, 0.29) is 12.0 Å². The molecule has 2 rings (SSSR count). The van der Waals surface area contributed by atoms with Gasteiger partial charge in [-0.05, 0) is 55.5 Å². The summed E-state index contributed by atoms with van der Waals surface area (Å²) in [4.78, 5) is 18.2. The number of anilines is 2. The van der Waals surface area contributed by atoms with Crippen LogP contribution >= 0.6 is 15.9 Å². The fourth-order valence-electron chi connectivity index (χ4n) is 2.40. The number of carbonyl (C=O) groups excluding carboxylic acids is 1. The van der Waals surface area contributed by atoms with E-state index in [1.54, 1.807) is 0 Å². The quantitative estimate of drug-likeness (QED) is 0.802. The Kier molecular flexibility index (Phi) is 5.28. The van der Waals surface area contributed by atoms with Crippen LogP contribution in [0.15, 0.2) is 4.60 Å². The summed E-state index contributed by atoms with van der Waals surface area (Å²) in [6.45, 7) is 8.35. The zero-order valence-electron chi connectivity index (χ0n) is 13.8. The van der Waals surface area contributed by atoms with Crippen molar-refractivity contribution in [3.63, 3.8) is 0 Å². The van der Waals surface area contributed by atoms with Gasteiger partial charge in [0.05, 0.1) is 0 Å². The van der Waals surface area contributed by atoms with E-state index in [9.17, 15) is 4.79 Å². The van der Waals surface area contributed by atoms with Crippen molar-refractivity contribution < 1.29 is 9.53 Å². The standard InChI is InChI=1S/C14H23BrN6O2/c1-8-5-6-21(12-18-11(16)10(15)19-20-12)9(7-8)17-13(22)23-14(2,3)4/h8-9H,5-7H2,1-4H3,(H,17,22)(H2,16,18,20). The number of rotatable bonds is 2. The van der Waals surface area contributed by atoms with E-state index in [1.807, 2.05) is 25.7 Å². The Balaban J connectivity index is 2.15. The molecule has 9 heteroatoms. The Labute approximate surface area is 144 Å². The van der Waals surface area contributed by atoms with Crippen LogP contribution in [0, 0.1) is 5.92 Å². The number of ether oxygens (including phenoxy) is 1. The molecule has 1 fully saturated rings. The van der Waals surface area contributed by atoms with Crippen molar-refractivity contribution in [2.45, 2.75) is 52.3 Å². The van der Waals surface area contributed by atoms with E-state index in [2.05, 4.69) is 43.4 Å². The SMILES string of the molecule is CC1CCN(c2nnc(Br)c(N)n2)C(NC(=O)OC(C)(C)C)C1.